The van der Waals surface area contributed by atoms with E-state index in [4.69, 9.17) is 20.9 Å². The van der Waals surface area contributed by atoms with Crippen LogP contribution in [0.3, 0.4) is 0 Å². The number of amides is 1. The van der Waals surface area contributed by atoms with Gasteiger partial charge in [-0.3, -0.25) is 14.9 Å². The Balaban J connectivity index is 1.77. The van der Waals surface area contributed by atoms with Crippen molar-refractivity contribution in [3.63, 3.8) is 0 Å². The van der Waals surface area contributed by atoms with Crippen molar-refractivity contribution in [1.29, 1.82) is 0 Å². The molecule has 1 N–H and O–H groups in total. The van der Waals surface area contributed by atoms with Crippen LogP contribution < -0.4 is 10.1 Å². The van der Waals surface area contributed by atoms with Gasteiger partial charge in [0, 0.05) is 12.1 Å². The first-order valence-corrected chi connectivity index (χ1v) is 9.19. The highest BCUT2D eigenvalue weighted by atomic mass is 35.5. The van der Waals surface area contributed by atoms with Crippen molar-refractivity contribution < 1.29 is 19.0 Å². The molecule has 0 aliphatic heterocycles. The highest BCUT2D eigenvalue weighted by molar-refractivity contribution is 6.34. The number of halogens is 1. The van der Waals surface area contributed by atoms with E-state index in [0.29, 0.717) is 17.1 Å². The number of aryl methyl sites for hydroxylation is 2. The van der Waals surface area contributed by atoms with E-state index in [9.17, 15) is 14.9 Å². The molecule has 3 rings (SSSR count). The number of nitrogens with zero attached hydrogens (tertiary/aromatic N) is 2. The van der Waals surface area contributed by atoms with E-state index in [0.717, 1.165) is 6.42 Å². The fourth-order valence-electron chi connectivity index (χ4n) is 2.62. The summed E-state index contributed by atoms with van der Waals surface area (Å²) in [7, 11) is 0. The summed E-state index contributed by atoms with van der Waals surface area (Å²) in [5.74, 6) is 0.477. The molecule has 0 radical (unpaired) electrons. The molecule has 8 nitrogen and oxygen atoms in total. The van der Waals surface area contributed by atoms with Gasteiger partial charge in [-0.05, 0) is 37.1 Å². The van der Waals surface area contributed by atoms with E-state index in [2.05, 4.69) is 17.4 Å². The summed E-state index contributed by atoms with van der Waals surface area (Å²) < 4.78 is 10.9. The minimum atomic E-state index is -0.607. The fraction of sp³-hybridized carbons (Fsp3) is 0.200. The molecule has 1 aromatic heterocycles. The molecule has 3 aromatic rings. The van der Waals surface area contributed by atoms with Crippen molar-refractivity contribution in [3.8, 4) is 5.75 Å². The Hall–Kier alpha value is -3.39. The number of nitrogens with one attached hydrogen (secondary N) is 1. The lowest BCUT2D eigenvalue weighted by Crippen LogP contribution is -2.16. The number of anilines is 1. The molecule has 0 atom stereocenters. The minimum Gasteiger partial charge on any atom is -0.489 e. The summed E-state index contributed by atoms with van der Waals surface area (Å²) in [5, 5.41) is 17.4. The Morgan fingerprint density at radius 3 is 2.66 bits per heavy atom. The molecule has 0 saturated carbocycles. The zero-order valence-corrected chi connectivity index (χ0v) is 16.5. The maximum Gasteiger partial charge on any atom is 0.278 e. The maximum atomic E-state index is 12.7. The lowest BCUT2D eigenvalue weighted by Gasteiger charge is -2.09. The zero-order chi connectivity index (χ0) is 21.0. The van der Waals surface area contributed by atoms with Gasteiger partial charge in [0.1, 0.15) is 18.1 Å². The average molecular weight is 416 g/mol. The molecule has 0 saturated heterocycles. The molecule has 1 amide bonds. The first-order valence-electron chi connectivity index (χ1n) is 8.81. The van der Waals surface area contributed by atoms with Crippen LogP contribution >= 0.6 is 11.6 Å². The third kappa shape index (κ3) is 4.72. The van der Waals surface area contributed by atoms with E-state index in [1.165, 1.54) is 23.8 Å². The molecule has 0 bridgehead atoms. The van der Waals surface area contributed by atoms with Crippen LogP contribution in [0.4, 0.5) is 11.4 Å². The van der Waals surface area contributed by atoms with Gasteiger partial charge in [0.05, 0.1) is 21.2 Å². The van der Waals surface area contributed by atoms with Gasteiger partial charge in [0.25, 0.3) is 11.6 Å². The SMILES string of the molecule is CCc1ccc(OCc2c(C(=O)Nc3cc([N+](=O)[O-])ccc3Cl)noc2C)cc1. The van der Waals surface area contributed by atoms with Gasteiger partial charge in [-0.1, -0.05) is 35.8 Å². The molecule has 0 aliphatic rings. The fourth-order valence-corrected chi connectivity index (χ4v) is 2.79. The van der Waals surface area contributed by atoms with Crippen molar-refractivity contribution in [3.05, 3.63) is 80.2 Å². The molecule has 1 heterocycles. The van der Waals surface area contributed by atoms with Gasteiger partial charge < -0.3 is 14.6 Å². The molecule has 9 heteroatoms. The molecule has 29 heavy (non-hydrogen) atoms. The molecule has 0 spiro atoms. The average Bonchev–Trinajstić information content (AvgIpc) is 3.08. The molecular weight excluding hydrogens is 398 g/mol. The molecule has 150 valence electrons. The number of aromatic nitrogens is 1. The number of rotatable bonds is 7. The van der Waals surface area contributed by atoms with Crippen molar-refractivity contribution in [2.45, 2.75) is 26.9 Å². The van der Waals surface area contributed by atoms with Crippen LogP contribution in [0.25, 0.3) is 0 Å². The molecule has 0 unspecified atom stereocenters. The monoisotopic (exact) mass is 415 g/mol. The molecule has 0 aliphatic carbocycles. The Labute approximate surface area is 171 Å². The van der Waals surface area contributed by atoms with Crippen molar-refractivity contribution >= 4 is 28.9 Å². The Bertz CT molecular complexity index is 1050. The van der Waals surface area contributed by atoms with Crippen LogP contribution in [0.1, 0.15) is 34.3 Å². The summed E-state index contributed by atoms with van der Waals surface area (Å²) in [6, 6.07) is 11.4. The number of hydrogen-bond donors (Lipinski definition) is 1. The molecule has 0 fully saturated rings. The number of ether oxygens (including phenoxy) is 1. The predicted molar refractivity (Wildman–Crippen MR) is 107 cm³/mol. The summed E-state index contributed by atoms with van der Waals surface area (Å²) in [6.45, 7) is 3.81. The minimum absolute atomic E-state index is 0.0234. The number of carbonyl (C=O) groups is 1. The lowest BCUT2D eigenvalue weighted by molar-refractivity contribution is -0.384. The topological polar surface area (TPSA) is 108 Å². The first kappa shape index (κ1) is 20.3. The number of nitro benzene ring substituents is 1. The Morgan fingerprint density at radius 2 is 2.00 bits per heavy atom. The van der Waals surface area contributed by atoms with Gasteiger partial charge in [-0.15, -0.1) is 0 Å². The second-order valence-corrected chi connectivity index (χ2v) is 6.63. The Morgan fingerprint density at radius 1 is 1.28 bits per heavy atom. The van der Waals surface area contributed by atoms with Crippen LogP contribution in [0.15, 0.2) is 47.0 Å². The van der Waals surface area contributed by atoms with Gasteiger partial charge in [-0.2, -0.15) is 0 Å². The standard InChI is InChI=1S/C20H18ClN3O5/c1-3-13-4-7-15(8-5-13)28-11-16-12(2)29-23-19(16)20(25)22-18-10-14(24(26)27)6-9-17(18)21/h4-10H,3,11H2,1-2H3,(H,22,25). The number of nitro groups is 1. The predicted octanol–water partition coefficient (Wildman–Crippen LogP) is 4.94. The molecular formula is C20H18ClN3O5. The normalized spacial score (nSPS) is 10.6. The number of benzene rings is 2. The van der Waals surface area contributed by atoms with Gasteiger partial charge in [0.15, 0.2) is 5.69 Å². The van der Waals surface area contributed by atoms with Crippen LogP contribution in [0.2, 0.25) is 5.02 Å². The van der Waals surface area contributed by atoms with Crippen LogP contribution in [-0.4, -0.2) is 16.0 Å². The van der Waals surface area contributed by atoms with Crippen molar-refractivity contribution in [1.82, 2.24) is 5.16 Å². The number of non-ortho nitro benzene ring substituents is 1. The summed E-state index contributed by atoms with van der Waals surface area (Å²) >= 11 is 6.04. The molecule has 2 aromatic carbocycles. The van der Waals surface area contributed by atoms with Gasteiger partial charge in [-0.25, -0.2) is 0 Å². The van der Waals surface area contributed by atoms with E-state index >= 15 is 0 Å². The second-order valence-electron chi connectivity index (χ2n) is 6.23. The first-order chi connectivity index (χ1) is 13.9. The van der Waals surface area contributed by atoms with E-state index in [1.807, 2.05) is 24.3 Å². The van der Waals surface area contributed by atoms with Crippen LogP contribution in [0, 0.1) is 17.0 Å². The zero-order valence-electron chi connectivity index (χ0n) is 15.8. The van der Waals surface area contributed by atoms with Gasteiger partial charge in [0.2, 0.25) is 0 Å². The van der Waals surface area contributed by atoms with Gasteiger partial charge >= 0.3 is 0 Å². The number of hydrogen-bond acceptors (Lipinski definition) is 6. The van der Waals surface area contributed by atoms with E-state index in [1.54, 1.807) is 6.92 Å². The van der Waals surface area contributed by atoms with Crippen molar-refractivity contribution in [2.75, 3.05) is 5.32 Å². The van der Waals surface area contributed by atoms with E-state index in [-0.39, 0.29) is 28.7 Å². The highest BCUT2D eigenvalue weighted by Crippen LogP contribution is 2.28. The highest BCUT2D eigenvalue weighted by Gasteiger charge is 2.22. The lowest BCUT2D eigenvalue weighted by atomic mass is 10.1. The number of carbonyl (C=O) groups excluding carboxylic acids is 1. The second kappa shape index (κ2) is 8.74. The quantitative estimate of drug-likeness (QED) is 0.432. The van der Waals surface area contributed by atoms with Crippen LogP contribution in [-0.2, 0) is 13.0 Å². The maximum absolute atomic E-state index is 12.7. The third-order valence-corrected chi connectivity index (χ3v) is 4.65. The smallest absolute Gasteiger partial charge is 0.278 e. The van der Waals surface area contributed by atoms with E-state index < -0.39 is 10.8 Å². The summed E-state index contributed by atoms with van der Waals surface area (Å²) in [5.41, 5.74) is 1.60. The summed E-state index contributed by atoms with van der Waals surface area (Å²) in [6.07, 6.45) is 0.926. The van der Waals surface area contributed by atoms with Crippen LogP contribution in [0.5, 0.6) is 5.75 Å². The Kier molecular flexibility index (Phi) is 6.13. The third-order valence-electron chi connectivity index (χ3n) is 4.32. The summed E-state index contributed by atoms with van der Waals surface area (Å²) in [4.78, 5) is 23.0. The largest absolute Gasteiger partial charge is 0.489 e. The van der Waals surface area contributed by atoms with Crippen molar-refractivity contribution in [2.24, 2.45) is 0 Å².